The lowest BCUT2D eigenvalue weighted by molar-refractivity contribution is -0.0936. The van der Waals surface area contributed by atoms with Gasteiger partial charge in [0.15, 0.2) is 0 Å². The smallest absolute Gasteiger partial charge is 0.264 e. The molecule has 6 heteroatoms. The number of H-pyrrole nitrogens is 1. The standard InChI is InChI=1S/C11H15IN2O3/c1-2-3-7-9(12)11(15)14-10(13-7)8-6-16-4-5-17-8/h8H,2-6H2,1H3,(H,13,14,15). The minimum absolute atomic E-state index is 0.0896. The molecule has 0 aromatic carbocycles. The summed E-state index contributed by atoms with van der Waals surface area (Å²) in [5.41, 5.74) is 0.759. The predicted octanol–water partition coefficient (Wildman–Crippen LogP) is 1.41. The van der Waals surface area contributed by atoms with Crippen LogP contribution in [0.3, 0.4) is 0 Å². The van der Waals surface area contributed by atoms with Crippen LogP contribution in [0.25, 0.3) is 0 Å². The average molecular weight is 350 g/mol. The van der Waals surface area contributed by atoms with Crippen molar-refractivity contribution in [3.63, 3.8) is 0 Å². The van der Waals surface area contributed by atoms with Crippen LogP contribution in [0.5, 0.6) is 0 Å². The van der Waals surface area contributed by atoms with Crippen molar-refractivity contribution < 1.29 is 9.47 Å². The number of hydrogen-bond donors (Lipinski definition) is 1. The highest BCUT2D eigenvalue weighted by molar-refractivity contribution is 14.1. The van der Waals surface area contributed by atoms with Gasteiger partial charge in [0.1, 0.15) is 11.9 Å². The average Bonchev–Trinajstić information content (AvgIpc) is 2.36. The summed E-state index contributed by atoms with van der Waals surface area (Å²) in [5, 5.41) is 0. The van der Waals surface area contributed by atoms with Gasteiger partial charge in [0.25, 0.3) is 5.56 Å². The lowest BCUT2D eigenvalue weighted by atomic mass is 10.2. The lowest BCUT2D eigenvalue weighted by Gasteiger charge is -2.22. The normalized spacial score (nSPS) is 20.5. The summed E-state index contributed by atoms with van der Waals surface area (Å²) in [5.74, 6) is 0.582. The van der Waals surface area contributed by atoms with Crippen LogP contribution in [0.2, 0.25) is 0 Å². The Labute approximate surface area is 113 Å². The number of ether oxygens (including phenoxy) is 2. The van der Waals surface area contributed by atoms with Crippen molar-refractivity contribution in [2.75, 3.05) is 19.8 Å². The molecule has 0 aliphatic carbocycles. The van der Waals surface area contributed by atoms with Gasteiger partial charge in [0.05, 0.1) is 29.1 Å². The number of aromatic amines is 1. The van der Waals surface area contributed by atoms with Gasteiger partial charge in [-0.25, -0.2) is 4.98 Å². The maximum atomic E-state index is 11.8. The predicted molar refractivity (Wildman–Crippen MR) is 71.1 cm³/mol. The zero-order valence-electron chi connectivity index (χ0n) is 9.66. The van der Waals surface area contributed by atoms with Gasteiger partial charge in [0.2, 0.25) is 0 Å². The van der Waals surface area contributed by atoms with E-state index in [0.717, 1.165) is 18.5 Å². The molecule has 1 unspecified atom stereocenters. The van der Waals surface area contributed by atoms with E-state index >= 15 is 0 Å². The molecule has 1 saturated heterocycles. The van der Waals surface area contributed by atoms with Crippen molar-refractivity contribution >= 4 is 22.6 Å². The number of rotatable bonds is 3. The minimum atomic E-state index is -0.246. The maximum Gasteiger partial charge on any atom is 0.264 e. The number of hydrogen-bond acceptors (Lipinski definition) is 4. The third-order valence-electron chi connectivity index (χ3n) is 2.56. The zero-order valence-corrected chi connectivity index (χ0v) is 11.8. The number of aryl methyl sites for hydroxylation is 1. The Morgan fingerprint density at radius 2 is 2.35 bits per heavy atom. The summed E-state index contributed by atoms with van der Waals surface area (Å²) in [6.45, 7) is 3.67. The van der Waals surface area contributed by atoms with Crippen molar-refractivity contribution in [2.45, 2.75) is 25.9 Å². The van der Waals surface area contributed by atoms with E-state index in [2.05, 4.69) is 16.9 Å². The van der Waals surface area contributed by atoms with Gasteiger partial charge in [-0.3, -0.25) is 4.79 Å². The fourth-order valence-corrected chi connectivity index (χ4v) is 2.25. The Hall–Kier alpha value is -0.470. The second-order valence-electron chi connectivity index (χ2n) is 3.90. The van der Waals surface area contributed by atoms with Crippen LogP contribution in [-0.2, 0) is 15.9 Å². The molecule has 0 radical (unpaired) electrons. The van der Waals surface area contributed by atoms with E-state index < -0.39 is 0 Å². The van der Waals surface area contributed by atoms with Crippen LogP contribution in [-0.4, -0.2) is 29.8 Å². The summed E-state index contributed by atoms with van der Waals surface area (Å²) < 4.78 is 11.5. The molecule has 0 spiro atoms. The molecule has 1 aliphatic rings. The van der Waals surface area contributed by atoms with E-state index in [1.807, 2.05) is 22.6 Å². The Kier molecular flexibility index (Phi) is 4.52. The molecule has 0 amide bonds. The molecule has 0 saturated carbocycles. The first-order chi connectivity index (χ1) is 8.22. The maximum absolute atomic E-state index is 11.8. The third-order valence-corrected chi connectivity index (χ3v) is 3.67. The SMILES string of the molecule is CCCc1nc(C2COCCO2)[nH]c(=O)c1I. The first-order valence-electron chi connectivity index (χ1n) is 5.70. The van der Waals surface area contributed by atoms with Crippen molar-refractivity contribution in [3.05, 3.63) is 25.4 Å². The van der Waals surface area contributed by atoms with Crippen molar-refractivity contribution in [2.24, 2.45) is 0 Å². The van der Waals surface area contributed by atoms with Gasteiger partial charge >= 0.3 is 0 Å². The highest BCUT2D eigenvalue weighted by atomic mass is 127. The van der Waals surface area contributed by atoms with Gasteiger partial charge in [0, 0.05) is 0 Å². The van der Waals surface area contributed by atoms with Crippen LogP contribution in [0.4, 0.5) is 0 Å². The summed E-state index contributed by atoms with van der Waals surface area (Å²) >= 11 is 2.04. The Bertz CT molecular complexity index is 441. The molecule has 1 aliphatic heterocycles. The molecule has 1 fully saturated rings. The molecule has 2 heterocycles. The second-order valence-corrected chi connectivity index (χ2v) is 4.97. The van der Waals surface area contributed by atoms with Crippen LogP contribution in [0.15, 0.2) is 4.79 Å². The second kappa shape index (κ2) is 5.92. The van der Waals surface area contributed by atoms with E-state index in [1.165, 1.54) is 0 Å². The number of halogens is 1. The fourth-order valence-electron chi connectivity index (χ4n) is 1.73. The molecular formula is C11H15IN2O3. The Morgan fingerprint density at radius 3 is 3.00 bits per heavy atom. The number of nitrogens with one attached hydrogen (secondary N) is 1. The van der Waals surface area contributed by atoms with Crippen LogP contribution in [0, 0.1) is 3.57 Å². The van der Waals surface area contributed by atoms with Gasteiger partial charge in [-0.1, -0.05) is 13.3 Å². The summed E-state index contributed by atoms with van der Waals surface area (Å²) in [6, 6.07) is 0. The first-order valence-corrected chi connectivity index (χ1v) is 6.78. The van der Waals surface area contributed by atoms with Crippen LogP contribution in [0.1, 0.15) is 31.0 Å². The largest absolute Gasteiger partial charge is 0.376 e. The lowest BCUT2D eigenvalue weighted by Crippen LogP contribution is -2.27. The monoisotopic (exact) mass is 350 g/mol. The van der Waals surface area contributed by atoms with Crippen molar-refractivity contribution in [1.82, 2.24) is 9.97 Å². The molecular weight excluding hydrogens is 335 g/mol. The molecule has 1 aromatic rings. The number of aromatic nitrogens is 2. The highest BCUT2D eigenvalue weighted by Crippen LogP contribution is 2.17. The van der Waals surface area contributed by atoms with Gasteiger partial charge < -0.3 is 14.5 Å². The van der Waals surface area contributed by atoms with Crippen LogP contribution < -0.4 is 5.56 Å². The van der Waals surface area contributed by atoms with Crippen molar-refractivity contribution in [3.8, 4) is 0 Å². The molecule has 5 nitrogen and oxygen atoms in total. The number of nitrogens with zero attached hydrogens (tertiary/aromatic N) is 1. The summed E-state index contributed by atoms with van der Waals surface area (Å²) in [6.07, 6.45) is 1.53. The van der Waals surface area contributed by atoms with E-state index in [0.29, 0.717) is 29.2 Å². The van der Waals surface area contributed by atoms with Gasteiger partial charge in [-0.2, -0.15) is 0 Å². The molecule has 1 atom stereocenters. The zero-order chi connectivity index (χ0) is 12.3. The highest BCUT2D eigenvalue weighted by Gasteiger charge is 2.20. The van der Waals surface area contributed by atoms with Crippen molar-refractivity contribution in [1.29, 1.82) is 0 Å². The topological polar surface area (TPSA) is 64.2 Å². The summed E-state index contributed by atoms with van der Waals surface area (Å²) in [7, 11) is 0. The molecule has 17 heavy (non-hydrogen) atoms. The van der Waals surface area contributed by atoms with E-state index in [4.69, 9.17) is 9.47 Å². The van der Waals surface area contributed by atoms with Crippen LogP contribution >= 0.6 is 22.6 Å². The molecule has 94 valence electrons. The molecule has 1 aromatic heterocycles. The fraction of sp³-hybridized carbons (Fsp3) is 0.636. The van der Waals surface area contributed by atoms with Gasteiger partial charge in [-0.05, 0) is 29.0 Å². The Balaban J connectivity index is 2.30. The summed E-state index contributed by atoms with van der Waals surface area (Å²) in [4.78, 5) is 19.0. The van der Waals surface area contributed by atoms with E-state index in [1.54, 1.807) is 0 Å². The third kappa shape index (κ3) is 3.05. The molecule has 2 rings (SSSR count). The Morgan fingerprint density at radius 1 is 1.53 bits per heavy atom. The van der Waals surface area contributed by atoms with E-state index in [-0.39, 0.29) is 11.7 Å². The molecule has 0 bridgehead atoms. The molecule has 1 N–H and O–H groups in total. The quantitative estimate of drug-likeness (QED) is 0.838. The minimum Gasteiger partial charge on any atom is -0.376 e. The van der Waals surface area contributed by atoms with E-state index in [9.17, 15) is 4.79 Å². The van der Waals surface area contributed by atoms with Gasteiger partial charge in [-0.15, -0.1) is 0 Å². The first kappa shape index (κ1) is 13.0.